The lowest BCUT2D eigenvalue weighted by molar-refractivity contribution is 0.177. The number of hydrogen-bond acceptors (Lipinski definition) is 5. The van der Waals surface area contributed by atoms with E-state index in [4.69, 9.17) is 4.52 Å². The van der Waals surface area contributed by atoms with E-state index >= 15 is 0 Å². The van der Waals surface area contributed by atoms with Crippen LogP contribution in [0.3, 0.4) is 0 Å². The van der Waals surface area contributed by atoms with Gasteiger partial charge in [0.25, 0.3) is 0 Å². The Hall–Kier alpha value is -2.29. The summed E-state index contributed by atoms with van der Waals surface area (Å²) in [5, 5.41) is 14.3. The molecule has 0 fully saturated rings. The van der Waals surface area contributed by atoms with Crippen molar-refractivity contribution < 1.29 is 22.4 Å². The summed E-state index contributed by atoms with van der Waals surface area (Å²) in [5.41, 5.74) is 0.805. The van der Waals surface area contributed by atoms with Crippen LogP contribution in [-0.4, -0.2) is 25.2 Å². The van der Waals surface area contributed by atoms with Gasteiger partial charge in [0.2, 0.25) is 10.0 Å². The average molecular weight is 350 g/mol. The SMILES string of the molecule is O=S(=O)(Cc1noc2ccccc12)NC[C@@H](O)c1ccccc1F. The minimum Gasteiger partial charge on any atom is -0.387 e. The van der Waals surface area contributed by atoms with Gasteiger partial charge >= 0.3 is 0 Å². The first kappa shape index (κ1) is 16.6. The standard InChI is InChI=1S/C16H15FN2O4S/c17-13-7-3-1-5-11(13)15(20)9-18-24(21,22)10-14-12-6-2-4-8-16(12)23-19-14/h1-8,15,18,20H,9-10H2/t15-/m1/s1. The third kappa shape index (κ3) is 3.61. The molecule has 0 aliphatic carbocycles. The highest BCUT2D eigenvalue weighted by Crippen LogP contribution is 2.20. The van der Waals surface area contributed by atoms with Gasteiger partial charge < -0.3 is 9.63 Å². The van der Waals surface area contributed by atoms with Gasteiger partial charge in [0.05, 0.1) is 6.10 Å². The van der Waals surface area contributed by atoms with E-state index < -0.39 is 27.7 Å². The van der Waals surface area contributed by atoms with Crippen LogP contribution >= 0.6 is 0 Å². The summed E-state index contributed by atoms with van der Waals surface area (Å²) in [6.45, 7) is -0.334. The van der Waals surface area contributed by atoms with Gasteiger partial charge in [-0.1, -0.05) is 35.5 Å². The Labute approximate surface area is 138 Å². The number of nitrogens with zero attached hydrogens (tertiary/aromatic N) is 1. The summed E-state index contributed by atoms with van der Waals surface area (Å²) >= 11 is 0. The van der Waals surface area contributed by atoms with Crippen LogP contribution < -0.4 is 4.72 Å². The van der Waals surface area contributed by atoms with Gasteiger partial charge in [0, 0.05) is 17.5 Å². The molecule has 24 heavy (non-hydrogen) atoms. The second-order valence-corrected chi connectivity index (χ2v) is 7.08. The van der Waals surface area contributed by atoms with Crippen molar-refractivity contribution in [1.29, 1.82) is 0 Å². The predicted octanol–water partition coefficient (Wildman–Crippen LogP) is 2.12. The molecule has 8 heteroatoms. The maximum Gasteiger partial charge on any atom is 0.217 e. The van der Waals surface area contributed by atoms with Crippen LogP contribution in [0.5, 0.6) is 0 Å². The van der Waals surface area contributed by atoms with Gasteiger partial charge in [0.15, 0.2) is 5.58 Å². The number of aliphatic hydroxyl groups is 1. The topological polar surface area (TPSA) is 92.4 Å². The molecular formula is C16H15FN2O4S. The molecule has 0 saturated carbocycles. The van der Waals surface area contributed by atoms with Crippen LogP contribution in [0.2, 0.25) is 0 Å². The molecule has 2 N–H and O–H groups in total. The molecule has 3 aromatic rings. The van der Waals surface area contributed by atoms with Gasteiger partial charge in [-0.25, -0.2) is 17.5 Å². The summed E-state index contributed by atoms with van der Waals surface area (Å²) in [6.07, 6.45) is -1.28. The number of nitrogens with one attached hydrogen (secondary N) is 1. The van der Waals surface area contributed by atoms with E-state index in [-0.39, 0.29) is 17.8 Å². The first-order valence-corrected chi connectivity index (χ1v) is 8.84. The molecule has 0 amide bonds. The summed E-state index contributed by atoms with van der Waals surface area (Å²) in [5.74, 6) is -0.986. The fourth-order valence-corrected chi connectivity index (χ4v) is 3.42. The van der Waals surface area contributed by atoms with E-state index in [1.54, 1.807) is 30.3 Å². The molecule has 0 aliphatic heterocycles. The molecule has 1 aromatic heterocycles. The summed E-state index contributed by atoms with van der Waals surface area (Å²) in [7, 11) is -3.77. The number of sulfonamides is 1. The number of fused-ring (bicyclic) bond motifs is 1. The number of hydrogen-bond donors (Lipinski definition) is 2. The Balaban J connectivity index is 1.69. The van der Waals surface area contributed by atoms with Crippen molar-refractivity contribution in [3.8, 4) is 0 Å². The molecule has 1 atom stereocenters. The monoisotopic (exact) mass is 350 g/mol. The van der Waals surface area contributed by atoms with Crippen molar-refractivity contribution >= 4 is 21.0 Å². The molecule has 126 valence electrons. The maximum atomic E-state index is 13.6. The second-order valence-electron chi connectivity index (χ2n) is 5.27. The summed E-state index contributed by atoms with van der Waals surface area (Å²) in [4.78, 5) is 0. The van der Waals surface area contributed by atoms with Gasteiger partial charge in [-0.2, -0.15) is 0 Å². The smallest absolute Gasteiger partial charge is 0.217 e. The van der Waals surface area contributed by atoms with Crippen molar-refractivity contribution in [2.75, 3.05) is 6.54 Å². The Morgan fingerprint density at radius 3 is 2.67 bits per heavy atom. The highest BCUT2D eigenvalue weighted by Gasteiger charge is 2.20. The molecular weight excluding hydrogens is 335 g/mol. The van der Waals surface area contributed by atoms with Crippen molar-refractivity contribution in [3.63, 3.8) is 0 Å². The van der Waals surface area contributed by atoms with E-state index in [1.807, 2.05) is 0 Å². The van der Waals surface area contributed by atoms with E-state index in [9.17, 15) is 17.9 Å². The molecule has 0 unspecified atom stereocenters. The zero-order valence-electron chi connectivity index (χ0n) is 12.5. The Morgan fingerprint density at radius 1 is 1.17 bits per heavy atom. The van der Waals surface area contributed by atoms with Gasteiger partial charge in [-0.3, -0.25) is 0 Å². The lowest BCUT2D eigenvalue weighted by Crippen LogP contribution is -2.30. The number of para-hydroxylation sites is 1. The zero-order valence-corrected chi connectivity index (χ0v) is 13.3. The first-order valence-electron chi connectivity index (χ1n) is 7.19. The van der Waals surface area contributed by atoms with Crippen LogP contribution in [0.15, 0.2) is 53.1 Å². The van der Waals surface area contributed by atoms with Crippen molar-refractivity contribution in [2.45, 2.75) is 11.9 Å². The number of aliphatic hydroxyl groups excluding tert-OH is 1. The van der Waals surface area contributed by atoms with Crippen LogP contribution in [0.1, 0.15) is 17.4 Å². The fraction of sp³-hybridized carbons (Fsp3) is 0.188. The highest BCUT2D eigenvalue weighted by atomic mass is 32.2. The van der Waals surface area contributed by atoms with Crippen LogP contribution in [0.25, 0.3) is 11.0 Å². The molecule has 0 saturated heterocycles. The molecule has 0 bridgehead atoms. The molecule has 0 aliphatic rings. The normalized spacial score (nSPS) is 13.2. The lowest BCUT2D eigenvalue weighted by Gasteiger charge is -2.13. The van der Waals surface area contributed by atoms with Crippen molar-refractivity contribution in [3.05, 3.63) is 65.6 Å². The lowest BCUT2D eigenvalue weighted by atomic mass is 10.1. The first-order chi connectivity index (χ1) is 11.5. The average Bonchev–Trinajstić information content (AvgIpc) is 2.96. The predicted molar refractivity (Wildman–Crippen MR) is 86.0 cm³/mol. The Morgan fingerprint density at radius 2 is 1.88 bits per heavy atom. The Kier molecular flexibility index (Phi) is 4.61. The molecule has 0 spiro atoms. The molecule has 1 heterocycles. The summed E-state index contributed by atoms with van der Waals surface area (Å²) < 4.78 is 45.2. The fourth-order valence-electron chi connectivity index (χ4n) is 2.33. The third-order valence-electron chi connectivity index (χ3n) is 3.54. The zero-order chi connectivity index (χ0) is 17.2. The van der Waals surface area contributed by atoms with Crippen LogP contribution in [-0.2, 0) is 15.8 Å². The van der Waals surface area contributed by atoms with Crippen LogP contribution in [0, 0.1) is 5.82 Å². The minimum atomic E-state index is -3.77. The highest BCUT2D eigenvalue weighted by molar-refractivity contribution is 7.88. The van der Waals surface area contributed by atoms with Crippen molar-refractivity contribution in [2.24, 2.45) is 0 Å². The number of benzene rings is 2. The third-order valence-corrected chi connectivity index (χ3v) is 4.80. The van der Waals surface area contributed by atoms with E-state index in [2.05, 4.69) is 9.88 Å². The quantitative estimate of drug-likeness (QED) is 0.710. The van der Waals surface area contributed by atoms with Crippen molar-refractivity contribution in [1.82, 2.24) is 9.88 Å². The summed E-state index contributed by atoms with van der Waals surface area (Å²) in [6, 6.07) is 12.6. The van der Waals surface area contributed by atoms with Gasteiger partial charge in [0.1, 0.15) is 17.3 Å². The van der Waals surface area contributed by atoms with Crippen LogP contribution in [0.4, 0.5) is 4.39 Å². The number of aromatic nitrogens is 1. The van der Waals surface area contributed by atoms with E-state index in [0.29, 0.717) is 11.0 Å². The molecule has 6 nitrogen and oxygen atoms in total. The number of halogens is 1. The van der Waals surface area contributed by atoms with Gasteiger partial charge in [-0.15, -0.1) is 0 Å². The van der Waals surface area contributed by atoms with Gasteiger partial charge in [-0.05, 0) is 18.2 Å². The maximum absolute atomic E-state index is 13.6. The molecule has 2 aromatic carbocycles. The second kappa shape index (κ2) is 6.68. The van der Waals surface area contributed by atoms with E-state index in [1.165, 1.54) is 18.2 Å². The number of rotatable bonds is 6. The Bertz CT molecular complexity index is 955. The van der Waals surface area contributed by atoms with E-state index in [0.717, 1.165) is 0 Å². The molecule has 3 rings (SSSR count). The molecule has 0 radical (unpaired) electrons. The largest absolute Gasteiger partial charge is 0.387 e. The minimum absolute atomic E-state index is 0.0343.